The fourth-order valence-electron chi connectivity index (χ4n) is 2.94. The van der Waals surface area contributed by atoms with Crippen LogP contribution in [-0.4, -0.2) is 37.4 Å². The van der Waals surface area contributed by atoms with E-state index in [4.69, 9.17) is 4.74 Å². The molecule has 0 unspecified atom stereocenters. The predicted molar refractivity (Wildman–Crippen MR) is 102 cm³/mol. The number of carbonyl (C=O) groups is 1. The first-order valence-corrected chi connectivity index (χ1v) is 8.65. The zero-order valence-electron chi connectivity index (χ0n) is 15.5. The Bertz CT molecular complexity index is 1280. The van der Waals surface area contributed by atoms with E-state index in [1.165, 1.54) is 48.7 Å². The summed E-state index contributed by atoms with van der Waals surface area (Å²) in [5, 5.41) is 7.12. The molecule has 30 heavy (non-hydrogen) atoms. The van der Waals surface area contributed by atoms with Gasteiger partial charge in [-0.05, 0) is 18.2 Å². The lowest BCUT2D eigenvalue weighted by atomic mass is 10.1. The van der Waals surface area contributed by atoms with E-state index < -0.39 is 23.0 Å². The van der Waals surface area contributed by atoms with Crippen LogP contribution in [0.3, 0.4) is 0 Å². The summed E-state index contributed by atoms with van der Waals surface area (Å²) in [5.74, 6) is -2.12. The van der Waals surface area contributed by atoms with Crippen LogP contribution in [0.2, 0.25) is 0 Å². The van der Waals surface area contributed by atoms with E-state index in [-0.39, 0.29) is 34.6 Å². The quantitative estimate of drug-likeness (QED) is 0.535. The van der Waals surface area contributed by atoms with Gasteiger partial charge in [-0.3, -0.25) is 15.0 Å². The largest absolute Gasteiger partial charge is 0.481 e. The summed E-state index contributed by atoms with van der Waals surface area (Å²) in [4.78, 5) is 29.7. The molecule has 11 heteroatoms. The van der Waals surface area contributed by atoms with Gasteiger partial charge >= 0.3 is 0 Å². The first kappa shape index (κ1) is 19.2. The fourth-order valence-corrected chi connectivity index (χ4v) is 2.94. The molecule has 0 aliphatic carbocycles. The summed E-state index contributed by atoms with van der Waals surface area (Å²) in [7, 11) is 1.38. The number of hydrogen-bond donors (Lipinski definition) is 1. The minimum atomic E-state index is -0.769. The second-order valence-corrected chi connectivity index (χ2v) is 6.23. The molecule has 0 fully saturated rings. The summed E-state index contributed by atoms with van der Waals surface area (Å²) in [5.41, 5.74) is 1.45. The standard InChI is InChI=1S/C19H14F2N6O3/c1-30-16-6-5-15-17(24-16)18(28)12(19(29)25-27-9-22-23-10-27)8-26(15)7-11-13(20)3-2-4-14(11)21/h2-6,8-10H,7H2,1H3,(H,25,29). The highest BCUT2D eigenvalue weighted by molar-refractivity contribution is 6.01. The second-order valence-electron chi connectivity index (χ2n) is 6.23. The molecule has 0 aliphatic heterocycles. The van der Waals surface area contributed by atoms with E-state index in [0.29, 0.717) is 0 Å². The van der Waals surface area contributed by atoms with E-state index in [2.05, 4.69) is 20.6 Å². The molecule has 1 aromatic carbocycles. The van der Waals surface area contributed by atoms with Gasteiger partial charge in [-0.25, -0.2) is 18.4 Å². The Kier molecular flexibility index (Phi) is 4.92. The van der Waals surface area contributed by atoms with Crippen LogP contribution in [0, 0.1) is 11.6 Å². The lowest BCUT2D eigenvalue weighted by Crippen LogP contribution is -2.29. The number of benzene rings is 1. The van der Waals surface area contributed by atoms with Crippen molar-refractivity contribution in [2.24, 2.45) is 0 Å². The third-order valence-corrected chi connectivity index (χ3v) is 4.40. The zero-order chi connectivity index (χ0) is 21.3. The summed E-state index contributed by atoms with van der Waals surface area (Å²) >= 11 is 0. The van der Waals surface area contributed by atoms with Gasteiger partial charge in [-0.2, -0.15) is 0 Å². The molecule has 9 nitrogen and oxygen atoms in total. The van der Waals surface area contributed by atoms with Crippen LogP contribution in [-0.2, 0) is 6.54 Å². The maximum absolute atomic E-state index is 14.2. The number of hydrogen-bond acceptors (Lipinski definition) is 6. The smallest absolute Gasteiger partial charge is 0.275 e. The molecular weight excluding hydrogens is 398 g/mol. The normalized spacial score (nSPS) is 10.9. The van der Waals surface area contributed by atoms with E-state index >= 15 is 0 Å². The Hall–Kier alpha value is -4.15. The van der Waals surface area contributed by atoms with Crippen LogP contribution < -0.4 is 15.6 Å². The van der Waals surface area contributed by atoms with Gasteiger partial charge < -0.3 is 9.30 Å². The average Bonchev–Trinajstić information content (AvgIpc) is 3.25. The molecule has 0 saturated carbocycles. The average molecular weight is 412 g/mol. The molecule has 0 atom stereocenters. The van der Waals surface area contributed by atoms with Crippen molar-refractivity contribution in [1.29, 1.82) is 0 Å². The highest BCUT2D eigenvalue weighted by Crippen LogP contribution is 2.19. The third kappa shape index (κ3) is 3.48. The minimum absolute atomic E-state index is 0.0810. The molecule has 3 aromatic heterocycles. The van der Waals surface area contributed by atoms with Crippen molar-refractivity contribution < 1.29 is 18.3 Å². The number of carbonyl (C=O) groups excluding carboxylic acids is 1. The Morgan fingerprint density at radius 1 is 1.13 bits per heavy atom. The molecule has 3 heterocycles. The number of fused-ring (bicyclic) bond motifs is 1. The van der Waals surface area contributed by atoms with E-state index in [0.717, 1.165) is 16.8 Å². The van der Waals surface area contributed by atoms with Gasteiger partial charge in [0.15, 0.2) is 0 Å². The molecule has 152 valence electrons. The zero-order valence-corrected chi connectivity index (χ0v) is 15.5. The van der Waals surface area contributed by atoms with Crippen LogP contribution in [0.1, 0.15) is 15.9 Å². The number of ether oxygens (including phenoxy) is 1. The highest BCUT2D eigenvalue weighted by atomic mass is 19.1. The van der Waals surface area contributed by atoms with Crippen molar-refractivity contribution in [3.8, 4) is 5.88 Å². The van der Waals surface area contributed by atoms with Gasteiger partial charge in [-0.1, -0.05) is 6.07 Å². The summed E-state index contributed by atoms with van der Waals surface area (Å²) in [6.07, 6.45) is 3.69. The molecule has 4 rings (SSSR count). The second kappa shape index (κ2) is 7.70. The van der Waals surface area contributed by atoms with Gasteiger partial charge in [0.25, 0.3) is 5.91 Å². The Morgan fingerprint density at radius 2 is 1.83 bits per heavy atom. The molecule has 0 bridgehead atoms. The number of rotatable bonds is 5. The van der Waals surface area contributed by atoms with Gasteiger partial charge in [0.1, 0.15) is 35.4 Å². The lowest BCUT2D eigenvalue weighted by molar-refractivity contribution is 0.101. The molecule has 0 aliphatic rings. The maximum Gasteiger partial charge on any atom is 0.275 e. The first-order chi connectivity index (χ1) is 14.5. The summed E-state index contributed by atoms with van der Waals surface area (Å²) in [6, 6.07) is 6.55. The van der Waals surface area contributed by atoms with Crippen molar-refractivity contribution >= 4 is 16.9 Å². The van der Waals surface area contributed by atoms with Crippen molar-refractivity contribution in [3.63, 3.8) is 0 Å². The van der Waals surface area contributed by atoms with E-state index in [9.17, 15) is 18.4 Å². The number of methoxy groups -OCH3 is 1. The third-order valence-electron chi connectivity index (χ3n) is 4.40. The van der Waals surface area contributed by atoms with Crippen LogP contribution in [0.25, 0.3) is 11.0 Å². The molecule has 4 aromatic rings. The summed E-state index contributed by atoms with van der Waals surface area (Å²) in [6.45, 7) is -0.268. The molecule has 1 N–H and O–H groups in total. The van der Waals surface area contributed by atoms with Crippen LogP contribution in [0.4, 0.5) is 8.78 Å². The molecule has 0 saturated heterocycles. The van der Waals surface area contributed by atoms with Gasteiger partial charge in [-0.15, -0.1) is 10.2 Å². The van der Waals surface area contributed by atoms with Gasteiger partial charge in [0.2, 0.25) is 11.3 Å². The number of pyridine rings is 2. The number of nitrogens with one attached hydrogen (secondary N) is 1. The van der Waals surface area contributed by atoms with Gasteiger partial charge in [0, 0.05) is 17.8 Å². The van der Waals surface area contributed by atoms with E-state index in [1.54, 1.807) is 0 Å². The highest BCUT2D eigenvalue weighted by Gasteiger charge is 2.19. The fraction of sp³-hybridized carbons (Fsp3) is 0.105. The first-order valence-electron chi connectivity index (χ1n) is 8.65. The van der Waals surface area contributed by atoms with Crippen molar-refractivity contribution in [3.05, 3.63) is 82.2 Å². The summed E-state index contributed by atoms with van der Waals surface area (Å²) < 4.78 is 36.0. The van der Waals surface area contributed by atoms with Crippen LogP contribution in [0.5, 0.6) is 5.88 Å². The van der Waals surface area contributed by atoms with Crippen molar-refractivity contribution in [1.82, 2.24) is 24.4 Å². The van der Waals surface area contributed by atoms with Crippen LogP contribution >= 0.6 is 0 Å². The maximum atomic E-state index is 14.2. The molecule has 0 radical (unpaired) electrons. The predicted octanol–water partition coefficient (Wildman–Crippen LogP) is 1.71. The molecule has 1 amide bonds. The SMILES string of the molecule is COc1ccc2c(n1)c(=O)c(C(=O)Nn1cnnc1)cn2Cc1c(F)cccc1F. The van der Waals surface area contributed by atoms with Gasteiger partial charge in [0.05, 0.1) is 19.2 Å². The van der Waals surface area contributed by atoms with E-state index in [1.807, 2.05) is 0 Å². The number of aromatic nitrogens is 5. The Labute approximate surface area is 167 Å². The van der Waals surface area contributed by atoms with Crippen molar-refractivity contribution in [2.45, 2.75) is 6.54 Å². The van der Waals surface area contributed by atoms with Crippen molar-refractivity contribution in [2.75, 3.05) is 12.5 Å². The Morgan fingerprint density at radius 3 is 2.50 bits per heavy atom. The molecule has 0 spiro atoms. The topological polar surface area (TPSA) is 104 Å². The number of nitrogens with zero attached hydrogens (tertiary/aromatic N) is 5. The molecular formula is C19H14F2N6O3. The Balaban J connectivity index is 1.89. The van der Waals surface area contributed by atoms with Crippen LogP contribution in [0.15, 0.2) is 54.0 Å². The minimum Gasteiger partial charge on any atom is -0.481 e. The number of amides is 1. The lowest BCUT2D eigenvalue weighted by Gasteiger charge is -2.14. The monoisotopic (exact) mass is 412 g/mol. The number of halogens is 2.